The van der Waals surface area contributed by atoms with Gasteiger partial charge in [-0.05, 0) is 25.7 Å². The van der Waals surface area contributed by atoms with Gasteiger partial charge < -0.3 is 5.73 Å². The second-order valence-electron chi connectivity index (χ2n) is 5.09. The van der Waals surface area contributed by atoms with E-state index in [0.29, 0.717) is 11.6 Å². The lowest BCUT2D eigenvalue weighted by atomic mass is 10.0. The van der Waals surface area contributed by atoms with E-state index in [1.807, 2.05) is 6.92 Å². The zero-order valence-corrected chi connectivity index (χ0v) is 11.1. The number of rotatable bonds is 1. The first-order valence-corrected chi connectivity index (χ1v) is 6.70. The number of aromatic nitrogens is 4. The average molecular weight is 255 g/mol. The highest BCUT2D eigenvalue weighted by Gasteiger charge is 2.13. The molecule has 1 aliphatic carbocycles. The molecule has 5 nitrogen and oxygen atoms in total. The van der Waals surface area contributed by atoms with Crippen molar-refractivity contribution in [3.63, 3.8) is 0 Å². The minimum Gasteiger partial charge on any atom is -0.382 e. The van der Waals surface area contributed by atoms with E-state index < -0.39 is 0 Å². The van der Waals surface area contributed by atoms with Crippen LogP contribution in [0, 0.1) is 24.7 Å². The Morgan fingerprint density at radius 2 is 2.21 bits per heavy atom. The van der Waals surface area contributed by atoms with Gasteiger partial charge in [0.25, 0.3) is 5.78 Å². The van der Waals surface area contributed by atoms with Crippen molar-refractivity contribution in [2.24, 2.45) is 5.92 Å². The van der Waals surface area contributed by atoms with Crippen LogP contribution in [0.4, 0.5) is 5.82 Å². The number of nitrogens with two attached hydrogens (primary N) is 1. The van der Waals surface area contributed by atoms with Crippen LogP contribution < -0.4 is 5.73 Å². The van der Waals surface area contributed by atoms with E-state index >= 15 is 0 Å². The van der Waals surface area contributed by atoms with Crippen molar-refractivity contribution in [3.8, 4) is 11.8 Å². The fourth-order valence-electron chi connectivity index (χ4n) is 2.63. The monoisotopic (exact) mass is 255 g/mol. The Morgan fingerprint density at radius 1 is 1.42 bits per heavy atom. The van der Waals surface area contributed by atoms with E-state index in [4.69, 9.17) is 5.73 Å². The molecule has 0 saturated heterocycles. The second kappa shape index (κ2) is 4.88. The molecule has 1 saturated carbocycles. The van der Waals surface area contributed by atoms with Crippen LogP contribution in [0.5, 0.6) is 0 Å². The van der Waals surface area contributed by atoms with Gasteiger partial charge in [-0.25, -0.2) is 4.98 Å². The van der Waals surface area contributed by atoms with Gasteiger partial charge in [-0.15, -0.1) is 0 Å². The lowest BCUT2D eigenvalue weighted by molar-refractivity contribution is 0.567. The molecule has 1 fully saturated rings. The summed E-state index contributed by atoms with van der Waals surface area (Å²) in [6, 6.07) is 0. The Labute approximate surface area is 112 Å². The van der Waals surface area contributed by atoms with Gasteiger partial charge in [0.2, 0.25) is 0 Å². The highest BCUT2D eigenvalue weighted by molar-refractivity contribution is 5.57. The van der Waals surface area contributed by atoms with Crippen LogP contribution in [0.15, 0.2) is 6.33 Å². The Hall–Kier alpha value is -2.09. The van der Waals surface area contributed by atoms with E-state index in [1.54, 1.807) is 0 Å². The maximum Gasteiger partial charge on any atom is 0.254 e. The molecule has 0 radical (unpaired) electrons. The van der Waals surface area contributed by atoms with Crippen molar-refractivity contribution in [2.75, 3.05) is 5.73 Å². The van der Waals surface area contributed by atoms with Gasteiger partial charge in [0.15, 0.2) is 0 Å². The molecule has 2 aromatic heterocycles. The number of hydrogen-bond acceptors (Lipinski definition) is 4. The molecular formula is C14H17N5. The molecule has 0 aromatic carbocycles. The van der Waals surface area contributed by atoms with Crippen molar-refractivity contribution in [3.05, 3.63) is 17.6 Å². The highest BCUT2D eigenvalue weighted by Crippen LogP contribution is 2.27. The first-order chi connectivity index (χ1) is 9.25. The smallest absolute Gasteiger partial charge is 0.254 e. The fourth-order valence-corrected chi connectivity index (χ4v) is 2.63. The molecule has 1 aliphatic rings. The summed E-state index contributed by atoms with van der Waals surface area (Å²) in [5.41, 5.74) is 7.67. The number of nitrogens with zero attached hydrogens (tertiary/aromatic N) is 4. The predicted molar refractivity (Wildman–Crippen MR) is 73.4 cm³/mol. The van der Waals surface area contributed by atoms with Gasteiger partial charge in [-0.2, -0.15) is 14.6 Å². The lowest BCUT2D eigenvalue weighted by Gasteiger charge is -2.04. The SMILES string of the molecule is Cc1nc2ncnn2c(N)c1C#CCC1CCCC1. The standard InChI is InChI=1S/C14H17N5/c1-10-12(8-4-7-11-5-2-3-6-11)13(15)19-14(18-10)16-9-17-19/h9,11H,2-3,5-7,15H2,1H3. The summed E-state index contributed by atoms with van der Waals surface area (Å²) in [6.07, 6.45) is 7.72. The summed E-state index contributed by atoms with van der Waals surface area (Å²) in [7, 11) is 0. The van der Waals surface area contributed by atoms with Crippen molar-refractivity contribution < 1.29 is 0 Å². The lowest BCUT2D eigenvalue weighted by Crippen LogP contribution is -2.06. The number of fused-ring (bicyclic) bond motifs is 1. The molecular weight excluding hydrogens is 238 g/mol. The minimum atomic E-state index is 0.524. The van der Waals surface area contributed by atoms with Gasteiger partial charge in [-0.1, -0.05) is 24.7 Å². The highest BCUT2D eigenvalue weighted by atomic mass is 15.3. The topological polar surface area (TPSA) is 69.1 Å². The molecule has 0 bridgehead atoms. The number of nitrogen functional groups attached to an aromatic ring is 1. The maximum atomic E-state index is 6.08. The zero-order valence-electron chi connectivity index (χ0n) is 11.1. The van der Waals surface area contributed by atoms with Gasteiger partial charge in [0.05, 0.1) is 11.3 Å². The summed E-state index contributed by atoms with van der Waals surface area (Å²) >= 11 is 0. The fraction of sp³-hybridized carbons (Fsp3) is 0.500. The zero-order chi connectivity index (χ0) is 13.2. The van der Waals surface area contributed by atoms with Crippen LogP contribution in [0.2, 0.25) is 0 Å². The summed E-state index contributed by atoms with van der Waals surface area (Å²) in [4.78, 5) is 8.39. The summed E-state index contributed by atoms with van der Waals surface area (Å²) in [5.74, 6) is 8.23. The normalized spacial score (nSPS) is 15.6. The van der Waals surface area contributed by atoms with Gasteiger partial charge in [-0.3, -0.25) is 0 Å². The third kappa shape index (κ3) is 2.26. The average Bonchev–Trinajstić information content (AvgIpc) is 3.03. The molecule has 2 aromatic rings. The maximum absolute atomic E-state index is 6.08. The Bertz CT molecular complexity index is 656. The number of hydrogen-bond donors (Lipinski definition) is 1. The van der Waals surface area contributed by atoms with E-state index in [2.05, 4.69) is 26.9 Å². The quantitative estimate of drug-likeness (QED) is 0.791. The van der Waals surface area contributed by atoms with Crippen LogP contribution in [0.25, 0.3) is 5.78 Å². The molecule has 0 unspecified atom stereocenters. The molecule has 3 rings (SSSR count). The van der Waals surface area contributed by atoms with Crippen LogP contribution in [-0.4, -0.2) is 19.6 Å². The van der Waals surface area contributed by atoms with Gasteiger partial charge in [0, 0.05) is 6.42 Å². The van der Waals surface area contributed by atoms with Crippen molar-refractivity contribution in [2.45, 2.75) is 39.0 Å². The molecule has 5 heteroatoms. The number of aryl methyl sites for hydroxylation is 1. The molecule has 0 amide bonds. The Balaban J connectivity index is 1.89. The van der Waals surface area contributed by atoms with Crippen LogP contribution in [-0.2, 0) is 0 Å². The molecule has 0 aliphatic heterocycles. The van der Waals surface area contributed by atoms with Gasteiger partial charge in [0.1, 0.15) is 12.1 Å². The minimum absolute atomic E-state index is 0.524. The molecule has 0 spiro atoms. The molecule has 2 heterocycles. The van der Waals surface area contributed by atoms with E-state index in [9.17, 15) is 0 Å². The largest absolute Gasteiger partial charge is 0.382 e. The summed E-state index contributed by atoms with van der Waals surface area (Å²) in [5, 5.41) is 4.06. The third-order valence-corrected chi connectivity index (χ3v) is 3.72. The first-order valence-electron chi connectivity index (χ1n) is 6.70. The first kappa shape index (κ1) is 12.0. The van der Waals surface area contributed by atoms with Crippen molar-refractivity contribution in [1.29, 1.82) is 0 Å². The van der Waals surface area contributed by atoms with Crippen LogP contribution in [0.3, 0.4) is 0 Å². The molecule has 2 N–H and O–H groups in total. The Kier molecular flexibility index (Phi) is 3.08. The van der Waals surface area contributed by atoms with E-state index in [0.717, 1.165) is 23.6 Å². The molecule has 98 valence electrons. The third-order valence-electron chi connectivity index (χ3n) is 3.72. The summed E-state index contributed by atoms with van der Waals surface area (Å²) in [6.45, 7) is 1.91. The van der Waals surface area contributed by atoms with E-state index in [1.165, 1.54) is 36.5 Å². The molecule has 19 heavy (non-hydrogen) atoms. The van der Waals surface area contributed by atoms with E-state index in [-0.39, 0.29) is 0 Å². The molecule has 0 atom stereocenters. The van der Waals surface area contributed by atoms with Crippen LogP contribution >= 0.6 is 0 Å². The number of anilines is 1. The summed E-state index contributed by atoms with van der Waals surface area (Å²) < 4.78 is 1.53. The van der Waals surface area contributed by atoms with Gasteiger partial charge >= 0.3 is 0 Å². The van der Waals surface area contributed by atoms with Crippen LogP contribution in [0.1, 0.15) is 43.4 Å². The second-order valence-corrected chi connectivity index (χ2v) is 5.09. The van der Waals surface area contributed by atoms with Crippen molar-refractivity contribution in [1.82, 2.24) is 19.6 Å². The van der Waals surface area contributed by atoms with Crippen molar-refractivity contribution >= 4 is 11.6 Å². The predicted octanol–water partition coefficient (Wildman–Crippen LogP) is 1.95. The Morgan fingerprint density at radius 3 is 3.00 bits per heavy atom.